The number of nitrogens with zero attached hydrogens (tertiary/aromatic N) is 2. The van der Waals surface area contributed by atoms with Crippen LogP contribution in [0.1, 0.15) is 6.42 Å². The monoisotopic (exact) mass is 244 g/mol. The Hall–Kier alpha value is -1.13. The molecule has 6 heteroatoms. The van der Waals surface area contributed by atoms with Crippen molar-refractivity contribution >= 4 is 40.6 Å². The topological polar surface area (TPSA) is 50.3 Å². The molecule has 0 saturated carbocycles. The number of amides is 1. The van der Waals surface area contributed by atoms with Gasteiger partial charge in [0, 0.05) is 6.20 Å². The predicted molar refractivity (Wildman–Crippen MR) is 56.2 cm³/mol. The van der Waals surface area contributed by atoms with Crippen LogP contribution in [-0.4, -0.2) is 23.2 Å². The van der Waals surface area contributed by atoms with Gasteiger partial charge < -0.3 is 4.90 Å². The number of rotatable bonds is 1. The summed E-state index contributed by atoms with van der Waals surface area (Å²) < 4.78 is 0. The van der Waals surface area contributed by atoms with E-state index in [9.17, 15) is 9.59 Å². The van der Waals surface area contributed by atoms with Crippen molar-refractivity contribution in [3.8, 4) is 0 Å². The second kappa shape index (κ2) is 3.79. The number of carbonyl (C=O) groups excluding carboxylic acids is 2. The third-order valence-electron chi connectivity index (χ3n) is 2.06. The first-order valence-electron chi connectivity index (χ1n) is 4.21. The minimum absolute atomic E-state index is 0.0422. The molecule has 1 saturated heterocycles. The Labute approximate surface area is 95.8 Å². The van der Waals surface area contributed by atoms with Gasteiger partial charge in [0.15, 0.2) is 10.9 Å². The average Bonchev–Trinajstić information content (AvgIpc) is 2.50. The molecule has 0 N–H and O–H groups in total. The van der Waals surface area contributed by atoms with E-state index in [0.717, 1.165) is 0 Å². The maximum Gasteiger partial charge on any atom is 0.235 e. The Balaban J connectivity index is 2.41. The molecule has 0 atom stereocenters. The van der Waals surface area contributed by atoms with Crippen LogP contribution in [0.2, 0.25) is 10.2 Å². The van der Waals surface area contributed by atoms with E-state index < -0.39 is 0 Å². The zero-order valence-corrected chi connectivity index (χ0v) is 9.05. The molecule has 1 aliphatic rings. The van der Waals surface area contributed by atoms with E-state index in [1.807, 2.05) is 0 Å². The van der Waals surface area contributed by atoms with Crippen LogP contribution in [0, 0.1) is 0 Å². The molecule has 0 aliphatic carbocycles. The average molecular weight is 245 g/mol. The van der Waals surface area contributed by atoms with E-state index in [0.29, 0.717) is 10.7 Å². The van der Waals surface area contributed by atoms with Crippen LogP contribution in [0.15, 0.2) is 12.3 Å². The molecule has 0 unspecified atom stereocenters. The number of anilines is 1. The molecule has 1 aromatic rings. The summed E-state index contributed by atoms with van der Waals surface area (Å²) in [6, 6.07) is 1.52. The highest BCUT2D eigenvalue weighted by atomic mass is 35.5. The highest BCUT2D eigenvalue weighted by Crippen LogP contribution is 2.29. The first-order chi connectivity index (χ1) is 7.08. The van der Waals surface area contributed by atoms with Crippen LogP contribution in [-0.2, 0) is 9.59 Å². The number of aromatic nitrogens is 1. The number of hydrogen-bond acceptors (Lipinski definition) is 3. The van der Waals surface area contributed by atoms with Crippen molar-refractivity contribution < 1.29 is 9.59 Å². The van der Waals surface area contributed by atoms with Gasteiger partial charge in [0.2, 0.25) is 5.91 Å². The molecule has 4 nitrogen and oxygen atoms in total. The van der Waals surface area contributed by atoms with E-state index in [4.69, 9.17) is 23.2 Å². The molecule has 0 bridgehead atoms. The number of pyridine rings is 1. The first-order valence-corrected chi connectivity index (χ1v) is 4.96. The summed E-state index contributed by atoms with van der Waals surface area (Å²) in [6.45, 7) is 0.0422. The Kier molecular flexibility index (Phi) is 2.63. The zero-order valence-electron chi connectivity index (χ0n) is 7.54. The van der Waals surface area contributed by atoms with E-state index >= 15 is 0 Å². The fourth-order valence-electron chi connectivity index (χ4n) is 1.41. The second-order valence-corrected chi connectivity index (χ2v) is 3.95. The number of halogens is 2. The van der Waals surface area contributed by atoms with Crippen LogP contribution >= 0.6 is 23.2 Å². The van der Waals surface area contributed by atoms with Crippen molar-refractivity contribution in [2.75, 3.05) is 11.4 Å². The van der Waals surface area contributed by atoms with Gasteiger partial charge in [0.1, 0.15) is 0 Å². The summed E-state index contributed by atoms with van der Waals surface area (Å²) in [5, 5.41) is 0.545. The predicted octanol–water partition coefficient (Wildman–Crippen LogP) is 1.69. The summed E-state index contributed by atoms with van der Waals surface area (Å²) in [4.78, 5) is 27.6. The third-order valence-corrected chi connectivity index (χ3v) is 2.56. The van der Waals surface area contributed by atoms with E-state index in [1.54, 1.807) is 0 Å². The molecule has 15 heavy (non-hydrogen) atoms. The van der Waals surface area contributed by atoms with Crippen molar-refractivity contribution in [3.05, 3.63) is 22.4 Å². The zero-order chi connectivity index (χ0) is 11.0. The Morgan fingerprint density at radius 2 is 2.07 bits per heavy atom. The molecule has 2 heterocycles. The van der Waals surface area contributed by atoms with Crippen molar-refractivity contribution in [1.82, 2.24) is 4.98 Å². The van der Waals surface area contributed by atoms with E-state index in [2.05, 4.69) is 4.98 Å². The Morgan fingerprint density at radius 1 is 1.33 bits per heavy atom. The highest BCUT2D eigenvalue weighted by molar-refractivity contribution is 6.35. The lowest BCUT2D eigenvalue weighted by Crippen LogP contribution is -2.25. The summed E-state index contributed by atoms with van der Waals surface area (Å²) in [7, 11) is 0. The Morgan fingerprint density at radius 3 is 2.67 bits per heavy atom. The van der Waals surface area contributed by atoms with Gasteiger partial charge in [-0.2, -0.15) is 0 Å². The van der Waals surface area contributed by atoms with Gasteiger partial charge in [-0.1, -0.05) is 23.2 Å². The normalized spacial score (nSPS) is 16.3. The summed E-state index contributed by atoms with van der Waals surface area (Å²) >= 11 is 11.5. The van der Waals surface area contributed by atoms with Gasteiger partial charge in [-0.15, -0.1) is 0 Å². The van der Waals surface area contributed by atoms with Crippen molar-refractivity contribution in [2.24, 2.45) is 0 Å². The van der Waals surface area contributed by atoms with E-state index in [-0.39, 0.29) is 29.8 Å². The number of Topliss-reactive ketones (excluding diaryl/α,β-unsaturated/α-hetero) is 1. The minimum atomic E-state index is -0.272. The Bertz CT molecular complexity index is 448. The van der Waals surface area contributed by atoms with Crippen LogP contribution < -0.4 is 4.90 Å². The fraction of sp³-hybridized carbons (Fsp3) is 0.222. The molecular weight excluding hydrogens is 239 g/mol. The van der Waals surface area contributed by atoms with Gasteiger partial charge in [-0.05, 0) is 6.07 Å². The lowest BCUT2D eigenvalue weighted by Gasteiger charge is -2.15. The molecular formula is C9H6Cl2N2O2. The van der Waals surface area contributed by atoms with E-state index in [1.165, 1.54) is 17.2 Å². The van der Waals surface area contributed by atoms with Crippen molar-refractivity contribution in [3.63, 3.8) is 0 Å². The second-order valence-electron chi connectivity index (χ2n) is 3.16. The molecule has 0 aromatic carbocycles. The van der Waals surface area contributed by atoms with Crippen LogP contribution in [0.4, 0.5) is 5.69 Å². The standard InChI is InChI=1S/C9H6Cl2N2O2/c10-5-1-7(9(11)12-3-5)13-4-6(14)2-8(13)15/h1,3H,2,4H2. The smallest absolute Gasteiger partial charge is 0.235 e. The van der Waals surface area contributed by atoms with Gasteiger partial charge in [0.05, 0.1) is 23.7 Å². The van der Waals surface area contributed by atoms with Gasteiger partial charge in [-0.3, -0.25) is 9.59 Å². The summed E-state index contributed by atoms with van der Waals surface area (Å²) in [6.07, 6.45) is 1.30. The fourth-order valence-corrected chi connectivity index (χ4v) is 1.76. The number of ketones is 1. The molecule has 1 fully saturated rings. The quantitative estimate of drug-likeness (QED) is 0.558. The SMILES string of the molecule is O=C1CC(=O)N(c2cc(Cl)cnc2Cl)C1. The number of carbonyl (C=O) groups is 2. The molecule has 1 aliphatic heterocycles. The van der Waals surface area contributed by atoms with Crippen LogP contribution in [0.3, 0.4) is 0 Å². The maximum atomic E-state index is 11.4. The molecule has 0 spiro atoms. The first kappa shape index (κ1) is 10.4. The third kappa shape index (κ3) is 1.96. The molecule has 1 amide bonds. The van der Waals surface area contributed by atoms with Crippen LogP contribution in [0.5, 0.6) is 0 Å². The molecule has 0 radical (unpaired) electrons. The van der Waals surface area contributed by atoms with Gasteiger partial charge in [-0.25, -0.2) is 4.98 Å². The largest absolute Gasteiger partial charge is 0.302 e. The maximum absolute atomic E-state index is 11.4. The molecule has 2 rings (SSSR count). The van der Waals surface area contributed by atoms with Crippen molar-refractivity contribution in [1.29, 1.82) is 0 Å². The lowest BCUT2D eigenvalue weighted by molar-refractivity contribution is -0.121. The highest BCUT2D eigenvalue weighted by Gasteiger charge is 2.30. The van der Waals surface area contributed by atoms with Gasteiger partial charge in [0.25, 0.3) is 0 Å². The van der Waals surface area contributed by atoms with Crippen molar-refractivity contribution in [2.45, 2.75) is 6.42 Å². The van der Waals surface area contributed by atoms with Gasteiger partial charge >= 0.3 is 0 Å². The lowest BCUT2D eigenvalue weighted by atomic mass is 10.3. The van der Waals surface area contributed by atoms with Crippen LogP contribution in [0.25, 0.3) is 0 Å². The summed E-state index contributed by atoms with van der Waals surface area (Å²) in [5.74, 6) is -0.401. The number of hydrogen-bond donors (Lipinski definition) is 0. The minimum Gasteiger partial charge on any atom is -0.302 e. The molecule has 1 aromatic heterocycles. The summed E-state index contributed by atoms with van der Waals surface area (Å²) in [5.41, 5.74) is 0.389. The molecule has 78 valence electrons.